The Bertz CT molecular complexity index is 756. The fraction of sp³-hybridized carbons (Fsp3) is 0.588. The van der Waals surface area contributed by atoms with Crippen LogP contribution in [0.1, 0.15) is 56.3 Å². The number of fused-ring (bicyclic) bond motifs is 1. The lowest BCUT2D eigenvalue weighted by Crippen LogP contribution is -2.39. The van der Waals surface area contributed by atoms with Gasteiger partial charge in [-0.15, -0.1) is 10.2 Å². The van der Waals surface area contributed by atoms with E-state index in [1.807, 2.05) is 6.92 Å². The molecular formula is C17H21F3N4O. The molecule has 1 fully saturated rings. The molecule has 0 aromatic carbocycles. The number of pyridine rings is 1. The number of hydrogen-bond donors (Lipinski definition) is 0. The average molecular weight is 354 g/mol. The molecule has 1 unspecified atom stereocenters. The number of aromatic nitrogens is 3. The molecule has 1 amide bonds. The third kappa shape index (κ3) is 3.77. The van der Waals surface area contributed by atoms with Crippen LogP contribution < -0.4 is 0 Å². The van der Waals surface area contributed by atoms with Crippen LogP contribution in [0.2, 0.25) is 0 Å². The Morgan fingerprint density at radius 1 is 1.32 bits per heavy atom. The summed E-state index contributed by atoms with van der Waals surface area (Å²) < 4.78 is 40.3. The van der Waals surface area contributed by atoms with Crippen molar-refractivity contribution < 1.29 is 18.0 Å². The molecular weight excluding hydrogens is 333 g/mol. The van der Waals surface area contributed by atoms with Crippen LogP contribution >= 0.6 is 0 Å². The lowest BCUT2D eigenvalue weighted by Gasteiger charge is -2.32. The van der Waals surface area contributed by atoms with Gasteiger partial charge in [0, 0.05) is 31.6 Å². The number of amides is 1. The van der Waals surface area contributed by atoms with Crippen LogP contribution in [0.15, 0.2) is 18.3 Å². The Hall–Kier alpha value is -2.12. The Morgan fingerprint density at radius 2 is 2.12 bits per heavy atom. The normalized spacial score (nSPS) is 18.7. The van der Waals surface area contributed by atoms with Gasteiger partial charge in [-0.2, -0.15) is 13.2 Å². The van der Waals surface area contributed by atoms with E-state index < -0.39 is 11.7 Å². The summed E-state index contributed by atoms with van der Waals surface area (Å²) in [5, 5.41) is 8.08. The quantitative estimate of drug-likeness (QED) is 0.842. The van der Waals surface area contributed by atoms with Crippen LogP contribution in [0.3, 0.4) is 0 Å². The van der Waals surface area contributed by atoms with Crippen molar-refractivity contribution in [3.05, 3.63) is 29.7 Å². The fourth-order valence-corrected chi connectivity index (χ4v) is 3.26. The van der Waals surface area contributed by atoms with Crippen LogP contribution in [-0.4, -0.2) is 38.5 Å². The summed E-state index contributed by atoms with van der Waals surface area (Å²) in [6, 6.07) is 2.33. The second kappa shape index (κ2) is 7.01. The maximum Gasteiger partial charge on any atom is 0.417 e. The first-order valence-corrected chi connectivity index (χ1v) is 8.59. The summed E-state index contributed by atoms with van der Waals surface area (Å²) in [6.07, 6.45) is 0.556. The van der Waals surface area contributed by atoms with Crippen molar-refractivity contribution in [2.75, 3.05) is 13.1 Å². The predicted molar refractivity (Wildman–Crippen MR) is 86.1 cm³/mol. The number of carbonyl (C=O) groups excluding carboxylic acids is 1. The van der Waals surface area contributed by atoms with Crippen molar-refractivity contribution in [3.8, 4) is 0 Å². The van der Waals surface area contributed by atoms with E-state index in [2.05, 4.69) is 10.2 Å². The first-order valence-electron chi connectivity index (χ1n) is 8.59. The molecule has 0 bridgehead atoms. The number of nitrogens with zero attached hydrogens (tertiary/aromatic N) is 4. The highest BCUT2D eigenvalue weighted by Crippen LogP contribution is 2.31. The van der Waals surface area contributed by atoms with Gasteiger partial charge < -0.3 is 4.90 Å². The molecule has 25 heavy (non-hydrogen) atoms. The molecule has 3 heterocycles. The van der Waals surface area contributed by atoms with Crippen molar-refractivity contribution in [1.29, 1.82) is 0 Å². The second-order valence-electron chi connectivity index (χ2n) is 6.48. The lowest BCUT2D eigenvalue weighted by atomic mass is 9.96. The largest absolute Gasteiger partial charge is 0.417 e. The summed E-state index contributed by atoms with van der Waals surface area (Å²) in [5.74, 6) is 0.503. The Kier molecular flexibility index (Phi) is 4.96. The number of halogens is 3. The summed E-state index contributed by atoms with van der Waals surface area (Å²) in [5.41, 5.74) is -0.342. The van der Waals surface area contributed by atoms with Crippen LogP contribution in [-0.2, 0) is 11.0 Å². The maximum absolute atomic E-state index is 13.0. The zero-order chi connectivity index (χ0) is 18.0. The van der Waals surface area contributed by atoms with Crippen molar-refractivity contribution >= 4 is 11.6 Å². The second-order valence-corrected chi connectivity index (χ2v) is 6.48. The number of hydrogen-bond acceptors (Lipinski definition) is 3. The Morgan fingerprint density at radius 3 is 2.84 bits per heavy atom. The van der Waals surface area contributed by atoms with Gasteiger partial charge >= 0.3 is 6.18 Å². The molecule has 1 saturated heterocycles. The maximum atomic E-state index is 13.0. The highest BCUT2D eigenvalue weighted by molar-refractivity contribution is 5.76. The monoisotopic (exact) mass is 354 g/mol. The first-order chi connectivity index (χ1) is 11.9. The van der Waals surface area contributed by atoms with Crippen LogP contribution in [0.4, 0.5) is 13.2 Å². The molecule has 5 nitrogen and oxygen atoms in total. The predicted octanol–water partition coefficient (Wildman–Crippen LogP) is 3.64. The molecule has 0 spiro atoms. The van der Waals surface area contributed by atoms with E-state index in [0.717, 1.165) is 37.9 Å². The summed E-state index contributed by atoms with van der Waals surface area (Å²) in [7, 11) is 0. The molecule has 0 aliphatic carbocycles. The molecule has 0 saturated carbocycles. The summed E-state index contributed by atoms with van der Waals surface area (Å²) in [4.78, 5) is 14.1. The number of likely N-dealkylation sites (tertiary alicyclic amines) is 1. The number of alkyl halides is 3. The van der Waals surface area contributed by atoms with E-state index in [0.29, 0.717) is 31.0 Å². The van der Waals surface area contributed by atoms with Crippen LogP contribution in [0, 0.1) is 0 Å². The highest BCUT2D eigenvalue weighted by Gasteiger charge is 2.32. The van der Waals surface area contributed by atoms with E-state index in [9.17, 15) is 18.0 Å². The van der Waals surface area contributed by atoms with Gasteiger partial charge in [-0.05, 0) is 31.4 Å². The van der Waals surface area contributed by atoms with Crippen LogP contribution in [0.5, 0.6) is 0 Å². The van der Waals surface area contributed by atoms with E-state index in [1.165, 1.54) is 10.5 Å². The number of unbranched alkanes of at least 4 members (excludes halogenated alkanes) is 1. The first kappa shape index (κ1) is 17.7. The van der Waals surface area contributed by atoms with Crippen molar-refractivity contribution in [1.82, 2.24) is 19.5 Å². The summed E-state index contributed by atoms with van der Waals surface area (Å²) >= 11 is 0. The van der Waals surface area contributed by atoms with Gasteiger partial charge in [0.25, 0.3) is 0 Å². The van der Waals surface area contributed by atoms with Gasteiger partial charge in [-0.3, -0.25) is 9.20 Å². The minimum absolute atomic E-state index is 0.0992. The van der Waals surface area contributed by atoms with Crippen molar-refractivity contribution in [2.24, 2.45) is 0 Å². The van der Waals surface area contributed by atoms with Gasteiger partial charge in [0.05, 0.1) is 5.56 Å². The highest BCUT2D eigenvalue weighted by atomic mass is 19.4. The summed E-state index contributed by atoms with van der Waals surface area (Å²) in [6.45, 7) is 3.22. The number of carbonyl (C=O) groups is 1. The average Bonchev–Trinajstić information content (AvgIpc) is 3.02. The molecule has 8 heteroatoms. The van der Waals surface area contributed by atoms with Gasteiger partial charge in [0.2, 0.25) is 5.91 Å². The van der Waals surface area contributed by atoms with E-state index >= 15 is 0 Å². The molecule has 1 aliphatic heterocycles. The molecule has 3 rings (SSSR count). The SMILES string of the molecule is CCCCC(=O)N1CCCC(c2nnc3ccc(C(F)(F)F)cn23)C1. The van der Waals surface area contributed by atoms with Gasteiger partial charge in [-0.25, -0.2) is 0 Å². The van der Waals surface area contributed by atoms with E-state index in [1.54, 1.807) is 4.90 Å². The molecule has 1 aliphatic rings. The smallest absolute Gasteiger partial charge is 0.342 e. The van der Waals surface area contributed by atoms with Crippen molar-refractivity contribution in [3.63, 3.8) is 0 Å². The topological polar surface area (TPSA) is 50.5 Å². The minimum atomic E-state index is -4.41. The third-order valence-electron chi connectivity index (χ3n) is 4.64. The fourth-order valence-electron chi connectivity index (χ4n) is 3.26. The number of rotatable bonds is 4. The van der Waals surface area contributed by atoms with Crippen LogP contribution in [0.25, 0.3) is 5.65 Å². The molecule has 1 atom stereocenters. The zero-order valence-electron chi connectivity index (χ0n) is 14.1. The molecule has 0 radical (unpaired) electrons. The number of piperidine rings is 1. The van der Waals surface area contributed by atoms with E-state index in [4.69, 9.17) is 0 Å². The van der Waals surface area contributed by atoms with Gasteiger partial charge in [0.15, 0.2) is 5.65 Å². The molecule has 2 aromatic rings. The Balaban J connectivity index is 1.84. The minimum Gasteiger partial charge on any atom is -0.342 e. The van der Waals surface area contributed by atoms with E-state index in [-0.39, 0.29) is 11.8 Å². The lowest BCUT2D eigenvalue weighted by molar-refractivity contribution is -0.137. The van der Waals surface area contributed by atoms with Gasteiger partial charge in [0.1, 0.15) is 5.82 Å². The van der Waals surface area contributed by atoms with Crippen molar-refractivity contribution in [2.45, 2.75) is 51.1 Å². The standard InChI is InChI=1S/C17H21F3N4O/c1-2-3-6-15(25)23-9-4-5-12(10-23)16-22-21-14-8-7-13(11-24(14)16)17(18,19)20/h7-8,11-12H,2-6,9-10H2,1H3. The molecule has 136 valence electrons. The van der Waals surface area contributed by atoms with Gasteiger partial charge in [-0.1, -0.05) is 13.3 Å². The molecule has 0 N–H and O–H groups in total. The molecule has 2 aromatic heterocycles. The Labute approximate surface area is 143 Å². The third-order valence-corrected chi connectivity index (χ3v) is 4.64. The zero-order valence-corrected chi connectivity index (χ0v) is 14.1.